The lowest BCUT2D eigenvalue weighted by molar-refractivity contribution is -0.136. The summed E-state index contributed by atoms with van der Waals surface area (Å²) in [6, 6.07) is 20.7. The average molecular weight is 321 g/mol. The maximum absolute atomic E-state index is 11.3. The van der Waals surface area contributed by atoms with E-state index >= 15 is 0 Å². The second-order valence-electron chi connectivity index (χ2n) is 5.48. The molecule has 124 valence electrons. The zero-order chi connectivity index (χ0) is 17.0. The molecule has 0 saturated carbocycles. The lowest BCUT2D eigenvalue weighted by Gasteiger charge is -2.16. The topological polar surface area (TPSA) is 38.3 Å². The van der Waals surface area contributed by atoms with Gasteiger partial charge in [0.25, 0.3) is 0 Å². The second-order valence-corrected chi connectivity index (χ2v) is 5.48. The summed E-state index contributed by atoms with van der Waals surface area (Å²) in [7, 11) is 0. The summed E-state index contributed by atoms with van der Waals surface area (Å²) in [5.74, 6) is 5.03. The third-order valence-electron chi connectivity index (χ3n) is 3.58. The number of nitrogens with one attached hydrogen (secondary N) is 1. The molecule has 0 aromatic heterocycles. The normalized spacial score (nSPS) is 11.2. The van der Waals surface area contributed by atoms with E-state index in [-0.39, 0.29) is 6.04 Å². The summed E-state index contributed by atoms with van der Waals surface area (Å²) in [5, 5.41) is 3.54. The fourth-order valence-corrected chi connectivity index (χ4v) is 2.39. The molecule has 1 atom stereocenters. The minimum absolute atomic E-state index is 0.175. The van der Waals surface area contributed by atoms with Crippen molar-refractivity contribution in [1.29, 1.82) is 0 Å². The van der Waals surface area contributed by atoms with Crippen LogP contribution in [0, 0.1) is 11.8 Å². The maximum atomic E-state index is 11.3. The molecule has 0 saturated heterocycles. The molecule has 0 unspecified atom stereocenters. The molecule has 0 amide bonds. The summed E-state index contributed by atoms with van der Waals surface area (Å²) in [6.45, 7) is 2.91. The number of hydrogen-bond acceptors (Lipinski definition) is 3. The van der Waals surface area contributed by atoms with E-state index in [1.165, 1.54) is 11.1 Å². The molecule has 3 nitrogen and oxygen atoms in total. The van der Waals surface area contributed by atoms with Crippen molar-refractivity contribution in [1.82, 2.24) is 5.32 Å². The monoisotopic (exact) mass is 321 g/mol. The van der Waals surface area contributed by atoms with Crippen LogP contribution in [0.4, 0.5) is 0 Å². The van der Waals surface area contributed by atoms with E-state index in [1.54, 1.807) is 6.92 Å². The molecule has 0 radical (unpaired) electrons. The number of carbonyl (C=O) groups is 1. The zero-order valence-corrected chi connectivity index (χ0v) is 14.0. The molecule has 0 spiro atoms. The summed E-state index contributed by atoms with van der Waals surface area (Å²) in [4.78, 5) is 11.3. The van der Waals surface area contributed by atoms with Gasteiger partial charge in [0.05, 0.1) is 6.61 Å². The van der Waals surface area contributed by atoms with E-state index in [0.29, 0.717) is 13.0 Å². The van der Waals surface area contributed by atoms with Crippen LogP contribution in [-0.4, -0.2) is 18.6 Å². The largest absolute Gasteiger partial charge is 0.456 e. The van der Waals surface area contributed by atoms with E-state index in [9.17, 15) is 4.79 Å². The Hall–Kier alpha value is -2.57. The molecular weight excluding hydrogens is 298 g/mol. The van der Waals surface area contributed by atoms with E-state index in [1.807, 2.05) is 36.4 Å². The van der Waals surface area contributed by atoms with Crippen LogP contribution in [0.15, 0.2) is 60.7 Å². The molecule has 0 aliphatic rings. The van der Waals surface area contributed by atoms with Crippen LogP contribution < -0.4 is 5.32 Å². The van der Waals surface area contributed by atoms with Gasteiger partial charge in [-0.2, -0.15) is 0 Å². The molecule has 2 aromatic carbocycles. The first-order valence-electron chi connectivity index (χ1n) is 8.24. The van der Waals surface area contributed by atoms with Crippen LogP contribution in [0.5, 0.6) is 0 Å². The van der Waals surface area contributed by atoms with Gasteiger partial charge in [-0.3, -0.25) is 0 Å². The van der Waals surface area contributed by atoms with Crippen molar-refractivity contribution >= 4 is 5.97 Å². The minimum Gasteiger partial charge on any atom is -0.456 e. The Bertz CT molecular complexity index is 671. The Morgan fingerprint density at radius 2 is 1.67 bits per heavy atom. The Morgan fingerprint density at radius 1 is 1.04 bits per heavy atom. The predicted octanol–water partition coefficient (Wildman–Crippen LogP) is 3.34. The highest BCUT2D eigenvalue weighted by molar-refractivity contribution is 5.88. The Balaban J connectivity index is 1.96. The van der Waals surface area contributed by atoms with Gasteiger partial charge in [-0.1, -0.05) is 66.6 Å². The molecule has 1 N–H and O–H groups in total. The first-order chi connectivity index (χ1) is 11.8. The maximum Gasteiger partial charge on any atom is 0.384 e. The fraction of sp³-hybridized carbons (Fsp3) is 0.286. The first-order valence-corrected chi connectivity index (χ1v) is 8.24. The number of carbonyl (C=O) groups excluding carboxylic acids is 1. The molecule has 0 heterocycles. The molecule has 0 aliphatic carbocycles. The minimum atomic E-state index is -0.459. The van der Waals surface area contributed by atoms with Gasteiger partial charge in [-0.15, -0.1) is 0 Å². The molecule has 0 fully saturated rings. The van der Waals surface area contributed by atoms with E-state index in [0.717, 1.165) is 13.0 Å². The number of ether oxygens (including phenoxy) is 1. The first kappa shape index (κ1) is 17.8. The van der Waals surface area contributed by atoms with Crippen LogP contribution >= 0.6 is 0 Å². The molecular formula is C21H23NO2. The SMILES string of the molecule is CCOC(=O)C#CC[C@H](Cc1ccccc1)NCc1ccccc1. The van der Waals surface area contributed by atoms with Crippen molar-refractivity contribution in [3.05, 3.63) is 71.8 Å². The zero-order valence-electron chi connectivity index (χ0n) is 14.0. The standard InChI is InChI=1S/C21H23NO2/c1-2-24-21(23)15-9-14-20(16-18-10-5-3-6-11-18)22-17-19-12-7-4-8-13-19/h3-8,10-13,20,22H,2,14,16-17H2,1H3/t20-/m1/s1. The van der Waals surface area contributed by atoms with Crippen LogP contribution in [-0.2, 0) is 22.5 Å². The number of benzene rings is 2. The Labute approximate surface area is 144 Å². The van der Waals surface area contributed by atoms with Gasteiger partial charge in [0, 0.05) is 24.9 Å². The molecule has 2 aromatic rings. The van der Waals surface area contributed by atoms with Crippen molar-refractivity contribution in [3.63, 3.8) is 0 Å². The van der Waals surface area contributed by atoms with Crippen LogP contribution in [0.2, 0.25) is 0 Å². The molecule has 24 heavy (non-hydrogen) atoms. The third-order valence-corrected chi connectivity index (χ3v) is 3.58. The van der Waals surface area contributed by atoms with Crippen molar-refractivity contribution in [3.8, 4) is 11.8 Å². The summed E-state index contributed by atoms with van der Waals surface area (Å²) < 4.78 is 4.84. The molecule has 2 rings (SSSR count). The number of rotatable bonds is 7. The van der Waals surface area contributed by atoms with Gasteiger partial charge in [0.2, 0.25) is 0 Å². The van der Waals surface area contributed by atoms with Crippen molar-refractivity contribution in [2.24, 2.45) is 0 Å². The lowest BCUT2D eigenvalue weighted by Crippen LogP contribution is -2.30. The van der Waals surface area contributed by atoms with Crippen molar-refractivity contribution < 1.29 is 9.53 Å². The summed E-state index contributed by atoms with van der Waals surface area (Å²) in [5.41, 5.74) is 2.48. The van der Waals surface area contributed by atoms with E-state index in [2.05, 4.69) is 41.4 Å². The highest BCUT2D eigenvalue weighted by atomic mass is 16.5. The average Bonchev–Trinajstić information content (AvgIpc) is 2.61. The highest BCUT2D eigenvalue weighted by Crippen LogP contribution is 2.07. The fourth-order valence-electron chi connectivity index (χ4n) is 2.39. The smallest absolute Gasteiger partial charge is 0.384 e. The van der Waals surface area contributed by atoms with Crippen LogP contribution in [0.3, 0.4) is 0 Å². The van der Waals surface area contributed by atoms with E-state index < -0.39 is 5.97 Å². The van der Waals surface area contributed by atoms with E-state index in [4.69, 9.17) is 4.74 Å². The van der Waals surface area contributed by atoms with Gasteiger partial charge in [0.15, 0.2) is 0 Å². The molecule has 3 heteroatoms. The number of esters is 1. The predicted molar refractivity (Wildman–Crippen MR) is 96.2 cm³/mol. The number of hydrogen-bond donors (Lipinski definition) is 1. The van der Waals surface area contributed by atoms with Crippen molar-refractivity contribution in [2.45, 2.75) is 32.4 Å². The quantitative estimate of drug-likeness (QED) is 0.483. The van der Waals surface area contributed by atoms with Gasteiger partial charge in [-0.25, -0.2) is 4.79 Å². The van der Waals surface area contributed by atoms with Gasteiger partial charge in [-0.05, 0) is 24.5 Å². The lowest BCUT2D eigenvalue weighted by atomic mass is 10.0. The van der Waals surface area contributed by atoms with Crippen molar-refractivity contribution in [2.75, 3.05) is 6.61 Å². The van der Waals surface area contributed by atoms with Crippen LogP contribution in [0.1, 0.15) is 24.5 Å². The Kier molecular flexibility index (Phi) is 7.59. The van der Waals surface area contributed by atoms with Gasteiger partial charge < -0.3 is 10.1 Å². The second kappa shape index (κ2) is 10.3. The Morgan fingerprint density at radius 3 is 2.29 bits per heavy atom. The van der Waals surface area contributed by atoms with Crippen LogP contribution in [0.25, 0.3) is 0 Å². The van der Waals surface area contributed by atoms with Gasteiger partial charge in [0.1, 0.15) is 0 Å². The van der Waals surface area contributed by atoms with Gasteiger partial charge >= 0.3 is 5.97 Å². The highest BCUT2D eigenvalue weighted by Gasteiger charge is 2.08. The molecule has 0 aliphatic heterocycles. The third kappa shape index (κ3) is 6.68. The summed E-state index contributed by atoms with van der Waals surface area (Å²) in [6.07, 6.45) is 1.46. The molecule has 0 bridgehead atoms. The summed E-state index contributed by atoms with van der Waals surface area (Å²) >= 11 is 0.